The number of aryl methyl sites for hydroxylation is 1. The van der Waals surface area contributed by atoms with E-state index in [1.807, 2.05) is 31.2 Å². The van der Waals surface area contributed by atoms with Gasteiger partial charge in [0.1, 0.15) is 11.5 Å². The lowest BCUT2D eigenvalue weighted by atomic mass is 9.87. The van der Waals surface area contributed by atoms with Gasteiger partial charge < -0.3 is 10.1 Å². The van der Waals surface area contributed by atoms with E-state index >= 15 is 0 Å². The van der Waals surface area contributed by atoms with E-state index in [1.54, 1.807) is 7.11 Å². The molecule has 1 fully saturated rings. The number of carbonyl (C=O) groups excluding carboxylic acids is 2. The van der Waals surface area contributed by atoms with Crippen molar-refractivity contribution < 1.29 is 14.3 Å². The van der Waals surface area contributed by atoms with Crippen LogP contribution in [-0.4, -0.2) is 25.0 Å². The number of methoxy groups -OCH3 is 1. The summed E-state index contributed by atoms with van der Waals surface area (Å²) in [5.74, 6) is 2.04. The van der Waals surface area contributed by atoms with E-state index in [2.05, 4.69) is 30.4 Å². The van der Waals surface area contributed by atoms with Crippen LogP contribution >= 0.6 is 8.58 Å². The molecule has 0 aliphatic heterocycles. The highest BCUT2D eigenvalue weighted by Crippen LogP contribution is 2.34. The van der Waals surface area contributed by atoms with Gasteiger partial charge in [-0.3, -0.25) is 9.59 Å². The lowest BCUT2D eigenvalue weighted by Gasteiger charge is -2.25. The number of nitrogens with one attached hydrogen (secondary N) is 1. The Morgan fingerprint density at radius 1 is 1.16 bits per heavy atom. The standard InChI is InChI=1S/C27H36NO3P/c1-4-21(16-24(29)12-14-27(30)28-23-10-5-7-19(2)15-23)22-11-13-25(31-3)26(17-22)32-18-20-8-6-9-20/h5,7,10-11,13,15,17,20-21,32H,4,6,8-9,12,14,16,18H2,1-3H3,(H,28,30). The number of amides is 1. The Bertz CT molecular complexity index is 923. The van der Waals surface area contributed by atoms with Crippen LogP contribution in [0.25, 0.3) is 0 Å². The number of carbonyl (C=O) groups is 2. The molecule has 1 amide bonds. The molecule has 2 aromatic carbocycles. The molecule has 0 saturated heterocycles. The van der Waals surface area contributed by atoms with E-state index in [4.69, 9.17) is 4.74 Å². The Hall–Kier alpha value is -2.19. The molecule has 0 bridgehead atoms. The number of hydrogen-bond acceptors (Lipinski definition) is 3. The summed E-state index contributed by atoms with van der Waals surface area (Å²) < 4.78 is 5.60. The van der Waals surface area contributed by atoms with Crippen molar-refractivity contribution in [2.24, 2.45) is 5.92 Å². The minimum Gasteiger partial charge on any atom is -0.496 e. The number of rotatable bonds is 12. The Morgan fingerprint density at radius 3 is 2.62 bits per heavy atom. The first-order chi connectivity index (χ1) is 15.5. The Labute approximate surface area is 194 Å². The lowest BCUT2D eigenvalue weighted by Crippen LogP contribution is -2.16. The third-order valence-electron chi connectivity index (χ3n) is 6.40. The fraction of sp³-hybridized carbons (Fsp3) is 0.481. The van der Waals surface area contributed by atoms with Gasteiger partial charge in [0.2, 0.25) is 5.91 Å². The molecule has 5 heteroatoms. The van der Waals surface area contributed by atoms with E-state index in [0.717, 1.165) is 37.9 Å². The first-order valence-electron chi connectivity index (χ1n) is 11.8. The molecule has 1 saturated carbocycles. The molecule has 2 aromatic rings. The van der Waals surface area contributed by atoms with Crippen LogP contribution in [0, 0.1) is 12.8 Å². The molecule has 0 radical (unpaired) electrons. The summed E-state index contributed by atoms with van der Waals surface area (Å²) in [6.45, 7) is 4.12. The van der Waals surface area contributed by atoms with Gasteiger partial charge in [-0.05, 0) is 66.7 Å². The van der Waals surface area contributed by atoms with Crippen LogP contribution in [0.15, 0.2) is 42.5 Å². The van der Waals surface area contributed by atoms with Crippen molar-refractivity contribution in [3.63, 3.8) is 0 Å². The SMILES string of the molecule is CCC(CC(=O)CCC(=O)Nc1cccc(C)c1)c1ccc(OC)c(PCC2CCC2)c1. The predicted octanol–water partition coefficient (Wildman–Crippen LogP) is 5.98. The fourth-order valence-corrected chi connectivity index (χ4v) is 5.69. The molecule has 0 spiro atoms. The highest BCUT2D eigenvalue weighted by molar-refractivity contribution is 7.47. The van der Waals surface area contributed by atoms with Gasteiger partial charge in [-0.15, -0.1) is 0 Å². The van der Waals surface area contributed by atoms with Crippen molar-refractivity contribution >= 4 is 31.3 Å². The monoisotopic (exact) mass is 453 g/mol. The molecule has 3 rings (SSSR count). The molecule has 1 N–H and O–H groups in total. The molecule has 1 aliphatic rings. The maximum Gasteiger partial charge on any atom is 0.224 e. The van der Waals surface area contributed by atoms with Crippen molar-refractivity contribution in [2.45, 2.75) is 64.7 Å². The number of benzene rings is 2. The molecular weight excluding hydrogens is 417 g/mol. The van der Waals surface area contributed by atoms with Gasteiger partial charge in [-0.1, -0.05) is 53.0 Å². The molecule has 2 unspecified atom stereocenters. The van der Waals surface area contributed by atoms with Crippen molar-refractivity contribution in [3.8, 4) is 5.75 Å². The minimum atomic E-state index is -0.110. The zero-order valence-corrected chi connectivity index (χ0v) is 20.6. The summed E-state index contributed by atoms with van der Waals surface area (Å²) in [6.07, 6.45) is 7.21. The van der Waals surface area contributed by atoms with E-state index in [9.17, 15) is 9.59 Å². The zero-order chi connectivity index (χ0) is 22.9. The summed E-state index contributed by atoms with van der Waals surface area (Å²) in [5, 5.41) is 4.16. The first kappa shape index (κ1) is 24.5. The molecule has 4 nitrogen and oxygen atoms in total. The molecule has 172 valence electrons. The van der Waals surface area contributed by atoms with Gasteiger partial charge in [0.15, 0.2) is 0 Å². The van der Waals surface area contributed by atoms with Crippen molar-refractivity contribution in [1.29, 1.82) is 0 Å². The molecular formula is C27H36NO3P. The second kappa shape index (κ2) is 12.2. The lowest BCUT2D eigenvalue weighted by molar-refractivity contribution is -0.123. The van der Waals surface area contributed by atoms with Crippen LogP contribution in [0.3, 0.4) is 0 Å². The van der Waals surface area contributed by atoms with Gasteiger partial charge >= 0.3 is 0 Å². The molecule has 2 atom stereocenters. The minimum absolute atomic E-state index is 0.110. The summed E-state index contributed by atoms with van der Waals surface area (Å²) in [6, 6.07) is 14.1. The smallest absolute Gasteiger partial charge is 0.224 e. The largest absolute Gasteiger partial charge is 0.496 e. The highest BCUT2D eigenvalue weighted by Gasteiger charge is 2.20. The summed E-state index contributed by atoms with van der Waals surface area (Å²) >= 11 is 0. The summed E-state index contributed by atoms with van der Waals surface area (Å²) in [5.41, 5.74) is 3.08. The number of hydrogen-bond donors (Lipinski definition) is 1. The second-order valence-electron chi connectivity index (χ2n) is 8.90. The Morgan fingerprint density at radius 2 is 1.97 bits per heavy atom. The summed E-state index contributed by atoms with van der Waals surface area (Å²) in [4.78, 5) is 24.9. The molecule has 0 aromatic heterocycles. The number of ketones is 1. The van der Waals surface area contributed by atoms with E-state index < -0.39 is 0 Å². The van der Waals surface area contributed by atoms with Crippen LogP contribution < -0.4 is 15.4 Å². The maximum atomic E-state index is 12.7. The van der Waals surface area contributed by atoms with E-state index in [0.29, 0.717) is 6.42 Å². The van der Waals surface area contributed by atoms with Crippen LogP contribution in [0.1, 0.15) is 68.9 Å². The number of Topliss-reactive ketones (excluding diaryl/α,β-unsaturated/α-hetero) is 1. The van der Waals surface area contributed by atoms with Crippen LogP contribution in [0.5, 0.6) is 5.75 Å². The average Bonchev–Trinajstić information content (AvgIpc) is 2.75. The van der Waals surface area contributed by atoms with Crippen LogP contribution in [-0.2, 0) is 9.59 Å². The average molecular weight is 454 g/mol. The van der Waals surface area contributed by atoms with Crippen molar-refractivity contribution in [3.05, 3.63) is 53.6 Å². The van der Waals surface area contributed by atoms with Gasteiger partial charge in [-0.25, -0.2) is 0 Å². The third-order valence-corrected chi connectivity index (χ3v) is 7.95. The second-order valence-corrected chi connectivity index (χ2v) is 10.2. The van der Waals surface area contributed by atoms with Gasteiger partial charge in [0.25, 0.3) is 0 Å². The molecule has 1 aliphatic carbocycles. The molecule has 0 heterocycles. The van der Waals surface area contributed by atoms with Gasteiger partial charge in [0, 0.05) is 30.3 Å². The zero-order valence-electron chi connectivity index (χ0n) is 19.6. The normalized spacial score (nSPS) is 14.8. The van der Waals surface area contributed by atoms with Crippen LogP contribution in [0.4, 0.5) is 5.69 Å². The third kappa shape index (κ3) is 7.17. The Kier molecular flexibility index (Phi) is 9.29. The maximum absolute atomic E-state index is 12.7. The van der Waals surface area contributed by atoms with Crippen molar-refractivity contribution in [1.82, 2.24) is 0 Å². The van der Waals surface area contributed by atoms with Crippen LogP contribution in [0.2, 0.25) is 0 Å². The number of ether oxygens (including phenoxy) is 1. The fourth-order valence-electron chi connectivity index (χ4n) is 4.14. The highest BCUT2D eigenvalue weighted by atomic mass is 31.1. The predicted molar refractivity (Wildman–Crippen MR) is 135 cm³/mol. The topological polar surface area (TPSA) is 55.4 Å². The first-order valence-corrected chi connectivity index (χ1v) is 13.0. The van der Waals surface area contributed by atoms with E-state index in [-0.39, 0.29) is 30.4 Å². The Balaban J connectivity index is 1.54. The van der Waals surface area contributed by atoms with Gasteiger partial charge in [-0.2, -0.15) is 0 Å². The summed E-state index contributed by atoms with van der Waals surface area (Å²) in [7, 11) is 2.49. The number of anilines is 1. The quantitative estimate of drug-likeness (QED) is 0.402. The molecule has 32 heavy (non-hydrogen) atoms. The van der Waals surface area contributed by atoms with Crippen molar-refractivity contribution in [2.75, 3.05) is 18.6 Å². The van der Waals surface area contributed by atoms with E-state index in [1.165, 1.54) is 36.3 Å². The van der Waals surface area contributed by atoms with Gasteiger partial charge in [0.05, 0.1) is 7.11 Å².